The SMILES string of the molecule is CCCCC(CC(=O)N[C@H](C(=O)N1C[C@H](O)C[C@H]1C(=O)NCc1ccc(-c2scnc2C)cc1)C(C)(C)C)NC(=O)CN1C(=O)N(C)c2ccc(-c3c(C)noc3C)cc2C1c1ccccc1. The Morgan fingerprint density at radius 3 is 2.30 bits per heavy atom. The van der Waals surface area contributed by atoms with Crippen LogP contribution in [0, 0.1) is 26.2 Å². The second-order valence-electron chi connectivity index (χ2n) is 18.8. The zero-order valence-electron chi connectivity index (χ0n) is 39.6. The van der Waals surface area contributed by atoms with Gasteiger partial charge in [-0.25, -0.2) is 9.78 Å². The highest BCUT2D eigenvalue weighted by Gasteiger charge is 2.45. The van der Waals surface area contributed by atoms with Gasteiger partial charge in [0.25, 0.3) is 0 Å². The third-order valence-corrected chi connectivity index (χ3v) is 13.7. The minimum absolute atomic E-state index is 0.0581. The number of carbonyl (C=O) groups is 5. The van der Waals surface area contributed by atoms with Crippen molar-refractivity contribution in [2.45, 2.75) is 117 Å². The highest BCUT2D eigenvalue weighted by atomic mass is 32.1. The number of fused-ring (bicyclic) bond motifs is 1. The number of anilines is 1. The number of hydrogen-bond donors (Lipinski definition) is 4. The van der Waals surface area contributed by atoms with E-state index in [1.165, 1.54) is 4.90 Å². The molecule has 0 radical (unpaired) electrons. The lowest BCUT2D eigenvalue weighted by molar-refractivity contribution is -0.144. The molecule has 2 unspecified atom stereocenters. The Morgan fingerprint density at radius 1 is 0.940 bits per heavy atom. The van der Waals surface area contributed by atoms with Gasteiger partial charge in [-0.15, -0.1) is 11.3 Å². The number of unbranched alkanes of at least 4 members (excludes halogenated alkanes) is 1. The first-order chi connectivity index (χ1) is 31.9. The number of carbonyl (C=O) groups excluding carboxylic acids is 5. The molecule has 0 spiro atoms. The van der Waals surface area contributed by atoms with Gasteiger partial charge >= 0.3 is 6.03 Å². The molecule has 7 rings (SSSR count). The third kappa shape index (κ3) is 10.9. The summed E-state index contributed by atoms with van der Waals surface area (Å²) in [6, 6.07) is 19.7. The number of nitrogens with one attached hydrogen (secondary N) is 3. The number of likely N-dealkylation sites (tertiary alicyclic amines) is 1. The van der Waals surface area contributed by atoms with Gasteiger partial charge in [-0.1, -0.05) is 106 Å². The van der Waals surface area contributed by atoms with Crippen LogP contribution in [-0.2, 0) is 25.7 Å². The Labute approximate surface area is 396 Å². The molecular weight excluding hydrogens is 869 g/mol. The summed E-state index contributed by atoms with van der Waals surface area (Å²) in [5.74, 6) is -1.09. The van der Waals surface area contributed by atoms with Crippen LogP contribution in [-0.4, -0.2) is 99.1 Å². The average Bonchev–Trinajstić information content (AvgIpc) is 4.02. The van der Waals surface area contributed by atoms with Crippen LogP contribution in [0.2, 0.25) is 0 Å². The largest absolute Gasteiger partial charge is 0.391 e. The van der Waals surface area contributed by atoms with Gasteiger partial charge in [0.2, 0.25) is 23.6 Å². The van der Waals surface area contributed by atoms with Gasteiger partial charge in [-0.3, -0.25) is 24.1 Å². The lowest BCUT2D eigenvalue weighted by atomic mass is 9.85. The molecule has 0 aliphatic carbocycles. The van der Waals surface area contributed by atoms with Crippen molar-refractivity contribution >= 4 is 46.7 Å². The fourth-order valence-corrected chi connectivity index (χ4v) is 10.00. The molecule has 3 aromatic carbocycles. The van der Waals surface area contributed by atoms with Crippen molar-refractivity contribution in [3.8, 4) is 21.6 Å². The van der Waals surface area contributed by atoms with E-state index in [4.69, 9.17) is 4.52 Å². The molecule has 1 fully saturated rings. The van der Waals surface area contributed by atoms with E-state index in [1.807, 2.05) is 127 Å². The summed E-state index contributed by atoms with van der Waals surface area (Å²) in [4.78, 5) is 80.3. The second-order valence-corrected chi connectivity index (χ2v) is 19.7. The Kier molecular flexibility index (Phi) is 15.0. The van der Waals surface area contributed by atoms with Gasteiger partial charge in [0.1, 0.15) is 24.4 Å². The van der Waals surface area contributed by atoms with E-state index in [0.29, 0.717) is 24.3 Å². The number of β-amino-alcohol motifs (C(OH)–C–C–N with tert-alkyl or cyclic N) is 1. The van der Waals surface area contributed by atoms with E-state index in [-0.39, 0.29) is 38.5 Å². The predicted molar refractivity (Wildman–Crippen MR) is 258 cm³/mol. The van der Waals surface area contributed by atoms with Crippen LogP contribution in [0.1, 0.15) is 99.7 Å². The predicted octanol–water partition coefficient (Wildman–Crippen LogP) is 7.23. The van der Waals surface area contributed by atoms with E-state index >= 15 is 0 Å². The van der Waals surface area contributed by atoms with Crippen molar-refractivity contribution in [1.29, 1.82) is 0 Å². The number of aromatic nitrogens is 2. The summed E-state index contributed by atoms with van der Waals surface area (Å²) in [6.45, 7) is 13.1. The van der Waals surface area contributed by atoms with E-state index in [1.54, 1.807) is 28.2 Å². The van der Waals surface area contributed by atoms with Crippen molar-refractivity contribution in [1.82, 2.24) is 35.9 Å². The summed E-state index contributed by atoms with van der Waals surface area (Å²) < 4.78 is 5.48. The highest BCUT2D eigenvalue weighted by molar-refractivity contribution is 7.13. The molecule has 67 heavy (non-hydrogen) atoms. The fourth-order valence-electron chi connectivity index (χ4n) is 9.19. The number of rotatable bonds is 16. The quantitative estimate of drug-likeness (QED) is 0.0792. The van der Waals surface area contributed by atoms with Gasteiger partial charge in [-0.05, 0) is 67.0 Å². The second kappa shape index (κ2) is 20.6. The molecule has 5 aromatic rings. The fraction of sp³-hybridized carbons (Fsp3) is 0.431. The van der Waals surface area contributed by atoms with E-state index in [2.05, 4.69) is 26.1 Å². The van der Waals surface area contributed by atoms with Gasteiger partial charge in [0, 0.05) is 50.1 Å². The third-order valence-electron chi connectivity index (χ3n) is 12.7. The maximum Gasteiger partial charge on any atom is 0.325 e. The zero-order valence-corrected chi connectivity index (χ0v) is 40.4. The number of thiazole rings is 1. The smallest absolute Gasteiger partial charge is 0.325 e. The summed E-state index contributed by atoms with van der Waals surface area (Å²) in [6.07, 6.45) is 1.03. The van der Waals surface area contributed by atoms with Gasteiger partial charge < -0.3 is 35.4 Å². The summed E-state index contributed by atoms with van der Waals surface area (Å²) in [7, 11) is 1.69. The number of amides is 6. The summed E-state index contributed by atoms with van der Waals surface area (Å²) >= 11 is 1.56. The van der Waals surface area contributed by atoms with Crippen LogP contribution in [0.3, 0.4) is 0 Å². The molecule has 0 bridgehead atoms. The van der Waals surface area contributed by atoms with Crippen LogP contribution in [0.5, 0.6) is 0 Å². The molecule has 5 atom stereocenters. The van der Waals surface area contributed by atoms with E-state index in [0.717, 1.165) is 56.1 Å². The maximum absolute atomic E-state index is 14.4. The molecule has 354 valence electrons. The molecule has 4 heterocycles. The number of aliphatic hydroxyl groups is 1. The number of aliphatic hydroxyl groups excluding tert-OH is 1. The molecule has 16 heteroatoms. The zero-order chi connectivity index (χ0) is 48.2. The Hall–Kier alpha value is -6.39. The molecule has 2 aliphatic heterocycles. The lowest BCUT2D eigenvalue weighted by Gasteiger charge is -2.41. The molecule has 4 N–H and O–H groups in total. The van der Waals surface area contributed by atoms with Crippen molar-refractivity contribution in [2.24, 2.45) is 5.41 Å². The number of nitrogens with zero attached hydrogens (tertiary/aromatic N) is 5. The van der Waals surface area contributed by atoms with Crippen molar-refractivity contribution in [2.75, 3.05) is 25.0 Å². The molecule has 2 aromatic heterocycles. The monoisotopic (exact) mass is 930 g/mol. The van der Waals surface area contributed by atoms with Crippen LogP contribution in [0.15, 0.2) is 82.8 Å². The topological polar surface area (TPSA) is 190 Å². The van der Waals surface area contributed by atoms with E-state index in [9.17, 15) is 29.1 Å². The first-order valence-corrected chi connectivity index (χ1v) is 23.8. The Bertz CT molecular complexity index is 2570. The average molecular weight is 931 g/mol. The molecule has 1 saturated heterocycles. The number of urea groups is 1. The molecule has 6 amide bonds. The van der Waals surface area contributed by atoms with Crippen LogP contribution in [0.25, 0.3) is 21.6 Å². The van der Waals surface area contributed by atoms with Crippen molar-refractivity contribution in [3.63, 3.8) is 0 Å². The van der Waals surface area contributed by atoms with Crippen LogP contribution < -0.4 is 20.9 Å². The number of aryl methyl sites for hydroxylation is 3. The van der Waals surface area contributed by atoms with Crippen LogP contribution in [0.4, 0.5) is 10.5 Å². The molecule has 2 aliphatic rings. The molecule has 0 saturated carbocycles. The summed E-state index contributed by atoms with van der Waals surface area (Å²) in [5.41, 5.74) is 8.74. The van der Waals surface area contributed by atoms with E-state index < -0.39 is 59.3 Å². The Morgan fingerprint density at radius 2 is 1.66 bits per heavy atom. The number of hydrogen-bond acceptors (Lipinski definition) is 10. The van der Waals surface area contributed by atoms with Crippen molar-refractivity contribution < 1.29 is 33.6 Å². The van der Waals surface area contributed by atoms with Crippen LogP contribution >= 0.6 is 11.3 Å². The minimum atomic E-state index is -1.05. The van der Waals surface area contributed by atoms with Gasteiger partial charge in [0.05, 0.1) is 39.6 Å². The van der Waals surface area contributed by atoms with Gasteiger partial charge in [-0.2, -0.15) is 0 Å². The summed E-state index contributed by atoms with van der Waals surface area (Å²) in [5, 5.41) is 23.9. The lowest BCUT2D eigenvalue weighted by Crippen LogP contribution is -2.58. The first-order valence-electron chi connectivity index (χ1n) is 23.0. The standard InChI is InChI=1S/C51H62N8O7S/c1-9-10-16-37(54-43(62)28-59-45(34-14-12-11-13-15-34)39-23-36(44-30(2)56-66-32(44)4)21-22-40(39)57(8)50(59)65)24-42(61)55-47(51(5,6)7)49(64)58-27-38(60)25-41(58)48(63)52-26-33-17-19-35(20-18-33)46-31(3)53-29-67-46/h11-15,17-23,29,37-38,41,45,47,60H,9-10,16,24-28H2,1-8H3,(H,52,63)(H,54,62)(H,55,61)/t37?,38-,41+,45?,47-/m1/s1. The normalized spacial score (nSPS) is 18.1. The Balaban J connectivity index is 1.03. The minimum Gasteiger partial charge on any atom is -0.391 e. The number of benzene rings is 3. The molecular formula is C51H62N8O7S. The molecule has 15 nitrogen and oxygen atoms in total. The van der Waals surface area contributed by atoms with Gasteiger partial charge in [0.15, 0.2) is 0 Å². The highest BCUT2D eigenvalue weighted by Crippen LogP contribution is 2.43. The maximum atomic E-state index is 14.4. The first kappa shape index (κ1) is 48.5. The van der Waals surface area contributed by atoms with Crippen molar-refractivity contribution in [3.05, 3.63) is 112 Å².